The van der Waals surface area contributed by atoms with Crippen molar-refractivity contribution in [1.82, 2.24) is 19.2 Å². The van der Waals surface area contributed by atoms with E-state index in [0.717, 1.165) is 19.3 Å². The van der Waals surface area contributed by atoms with Crippen LogP contribution in [0.3, 0.4) is 0 Å². The average Bonchev–Trinajstić information content (AvgIpc) is 3.21. The van der Waals surface area contributed by atoms with E-state index in [-0.39, 0.29) is 22.4 Å². The van der Waals surface area contributed by atoms with Gasteiger partial charge in [-0.05, 0) is 42.5 Å². The van der Waals surface area contributed by atoms with Crippen LogP contribution in [0.15, 0.2) is 47.9 Å². The second kappa shape index (κ2) is 9.18. The normalized spacial score (nSPS) is 16.8. The largest absolute Gasteiger partial charge is 0.335 e. The molecule has 2 N–H and O–H groups in total. The molecule has 0 saturated carbocycles. The predicted octanol–water partition coefficient (Wildman–Crippen LogP) is 3.29. The average molecular weight is 434 g/mol. The smallest absolute Gasteiger partial charge is 0.319 e. The summed E-state index contributed by atoms with van der Waals surface area (Å²) in [6.07, 6.45) is 8.15. The lowest BCUT2D eigenvalue weighted by Crippen LogP contribution is -2.47. The van der Waals surface area contributed by atoms with Gasteiger partial charge in [0.1, 0.15) is 0 Å². The number of carbonyl (C=O) groups is 1. The number of hydrogen-bond acceptors (Lipinski definition) is 4. The first-order valence-corrected chi connectivity index (χ1v) is 11.7. The van der Waals surface area contributed by atoms with Gasteiger partial charge in [0.25, 0.3) is 0 Å². The summed E-state index contributed by atoms with van der Waals surface area (Å²) < 4.78 is 29.0. The fourth-order valence-corrected chi connectivity index (χ4v) is 4.95. The summed E-state index contributed by atoms with van der Waals surface area (Å²) in [7, 11) is -3.48. The van der Waals surface area contributed by atoms with E-state index in [0.29, 0.717) is 25.3 Å². The Morgan fingerprint density at radius 3 is 2.37 bits per heavy atom. The second-order valence-electron chi connectivity index (χ2n) is 8.77. The molecular weight excluding hydrogens is 402 g/mol. The molecule has 1 atom stereocenters. The number of amides is 2. The molecule has 0 unspecified atom stereocenters. The van der Waals surface area contributed by atoms with Crippen LogP contribution in [0, 0.1) is 5.41 Å². The fraction of sp³-hybridized carbons (Fsp3) is 0.524. The molecule has 2 amide bonds. The van der Waals surface area contributed by atoms with E-state index in [9.17, 15) is 13.2 Å². The van der Waals surface area contributed by atoms with E-state index < -0.39 is 10.0 Å². The number of aromatic nitrogens is 2. The molecule has 1 fully saturated rings. The number of rotatable bonds is 6. The molecular formula is C21H31N5O3S. The Kier molecular flexibility index (Phi) is 6.82. The van der Waals surface area contributed by atoms with Crippen molar-refractivity contribution in [3.63, 3.8) is 0 Å². The van der Waals surface area contributed by atoms with Gasteiger partial charge in [0, 0.05) is 37.7 Å². The lowest BCUT2D eigenvalue weighted by atomic mass is 9.86. The first kappa shape index (κ1) is 22.3. The number of hydrogen-bond donors (Lipinski definition) is 2. The molecule has 9 heteroatoms. The van der Waals surface area contributed by atoms with Gasteiger partial charge < -0.3 is 15.2 Å². The van der Waals surface area contributed by atoms with Crippen molar-refractivity contribution in [1.29, 1.82) is 0 Å². The standard InChI is InChI=1S/C21H31N5O3S/c1-21(2,3)19(15-25-14-11-22-16-25)24-20(27)23-17-7-9-18(10-8-17)30(28,29)26-12-5-4-6-13-26/h7-11,14,16,19H,4-6,12-13,15H2,1-3H3,(H2,23,24,27)/t19-/m0/s1. The summed E-state index contributed by atoms with van der Waals surface area (Å²) in [6.45, 7) is 7.93. The molecule has 1 aliphatic rings. The third-order valence-corrected chi connectivity index (χ3v) is 7.28. The minimum atomic E-state index is -3.48. The zero-order valence-corrected chi connectivity index (χ0v) is 18.7. The third-order valence-electron chi connectivity index (χ3n) is 5.37. The maximum atomic E-state index is 12.7. The quantitative estimate of drug-likeness (QED) is 0.731. The number of imidazole rings is 1. The Bertz CT molecular complexity index is 928. The Morgan fingerprint density at radius 2 is 1.80 bits per heavy atom. The highest BCUT2D eigenvalue weighted by molar-refractivity contribution is 7.89. The van der Waals surface area contributed by atoms with Gasteiger partial charge in [0.2, 0.25) is 10.0 Å². The first-order chi connectivity index (χ1) is 14.2. The van der Waals surface area contributed by atoms with Gasteiger partial charge in [0.15, 0.2) is 0 Å². The Hall–Kier alpha value is -2.39. The second-order valence-corrected chi connectivity index (χ2v) is 10.7. The lowest BCUT2D eigenvalue weighted by Gasteiger charge is -2.31. The van der Waals surface area contributed by atoms with E-state index in [1.807, 2.05) is 10.8 Å². The number of carbonyl (C=O) groups excluding carboxylic acids is 1. The maximum absolute atomic E-state index is 12.7. The SMILES string of the molecule is CC(C)(C)[C@H](Cn1ccnc1)NC(=O)Nc1ccc(S(=O)(=O)N2CCCCC2)cc1. The van der Waals surface area contributed by atoms with Crippen LogP contribution in [0.4, 0.5) is 10.5 Å². The third kappa shape index (κ3) is 5.60. The molecule has 30 heavy (non-hydrogen) atoms. The molecule has 1 aliphatic heterocycles. The van der Waals surface area contributed by atoms with Crippen LogP contribution >= 0.6 is 0 Å². The molecule has 8 nitrogen and oxygen atoms in total. The van der Waals surface area contributed by atoms with Crippen LogP contribution in [0.2, 0.25) is 0 Å². The number of anilines is 1. The topological polar surface area (TPSA) is 96.3 Å². The van der Waals surface area contributed by atoms with Crippen molar-refractivity contribution in [2.45, 2.75) is 57.5 Å². The summed E-state index contributed by atoms with van der Waals surface area (Å²) in [5.41, 5.74) is 0.383. The lowest BCUT2D eigenvalue weighted by molar-refractivity contribution is 0.219. The number of urea groups is 1. The Morgan fingerprint density at radius 1 is 1.13 bits per heavy atom. The molecule has 2 heterocycles. The predicted molar refractivity (Wildman–Crippen MR) is 117 cm³/mol. The Balaban J connectivity index is 1.63. The van der Waals surface area contributed by atoms with Crippen molar-refractivity contribution in [2.24, 2.45) is 5.41 Å². The van der Waals surface area contributed by atoms with Crippen LogP contribution in [-0.2, 0) is 16.6 Å². The summed E-state index contributed by atoms with van der Waals surface area (Å²) in [5.74, 6) is 0. The van der Waals surface area contributed by atoms with E-state index in [2.05, 4.69) is 36.4 Å². The van der Waals surface area contributed by atoms with Crippen molar-refractivity contribution in [2.75, 3.05) is 18.4 Å². The van der Waals surface area contributed by atoms with Crippen LogP contribution < -0.4 is 10.6 Å². The van der Waals surface area contributed by atoms with Crippen LogP contribution in [0.5, 0.6) is 0 Å². The highest BCUT2D eigenvalue weighted by atomic mass is 32.2. The van der Waals surface area contributed by atoms with Crippen molar-refractivity contribution < 1.29 is 13.2 Å². The highest BCUT2D eigenvalue weighted by Crippen LogP contribution is 2.23. The van der Waals surface area contributed by atoms with E-state index in [1.54, 1.807) is 36.8 Å². The van der Waals surface area contributed by atoms with Gasteiger partial charge in [-0.1, -0.05) is 27.2 Å². The molecule has 1 saturated heterocycles. The van der Waals surface area contributed by atoms with Gasteiger partial charge in [0.05, 0.1) is 17.3 Å². The summed E-state index contributed by atoms with van der Waals surface area (Å²) in [4.78, 5) is 16.9. The van der Waals surface area contributed by atoms with Crippen molar-refractivity contribution >= 4 is 21.7 Å². The summed E-state index contributed by atoms with van der Waals surface area (Å²) in [6, 6.07) is 5.89. The zero-order valence-electron chi connectivity index (χ0n) is 17.8. The first-order valence-electron chi connectivity index (χ1n) is 10.3. The molecule has 0 radical (unpaired) electrons. The number of benzene rings is 1. The molecule has 0 spiro atoms. The summed E-state index contributed by atoms with van der Waals surface area (Å²) >= 11 is 0. The summed E-state index contributed by atoms with van der Waals surface area (Å²) in [5, 5.41) is 5.81. The van der Waals surface area contributed by atoms with Gasteiger partial charge in [-0.15, -0.1) is 0 Å². The van der Waals surface area contributed by atoms with E-state index in [1.165, 1.54) is 4.31 Å². The minimum absolute atomic E-state index is 0.120. The van der Waals surface area contributed by atoms with Gasteiger partial charge >= 0.3 is 6.03 Å². The van der Waals surface area contributed by atoms with Crippen molar-refractivity contribution in [3.8, 4) is 0 Å². The van der Waals surface area contributed by atoms with E-state index in [4.69, 9.17) is 0 Å². The molecule has 1 aromatic heterocycles. The molecule has 2 aromatic rings. The van der Waals surface area contributed by atoms with Gasteiger partial charge in [-0.2, -0.15) is 4.31 Å². The fourth-order valence-electron chi connectivity index (χ4n) is 3.43. The number of nitrogens with zero attached hydrogens (tertiary/aromatic N) is 3. The van der Waals surface area contributed by atoms with Crippen molar-refractivity contribution in [3.05, 3.63) is 43.0 Å². The highest BCUT2D eigenvalue weighted by Gasteiger charge is 2.27. The number of nitrogens with one attached hydrogen (secondary N) is 2. The van der Waals surface area contributed by atoms with Crippen LogP contribution in [0.25, 0.3) is 0 Å². The molecule has 1 aromatic carbocycles. The monoisotopic (exact) mass is 433 g/mol. The van der Waals surface area contributed by atoms with Gasteiger partial charge in [-0.25, -0.2) is 18.2 Å². The zero-order chi connectivity index (χ0) is 21.8. The minimum Gasteiger partial charge on any atom is -0.335 e. The van der Waals surface area contributed by atoms with Gasteiger partial charge in [-0.3, -0.25) is 0 Å². The molecule has 0 aliphatic carbocycles. The molecule has 0 bridgehead atoms. The van der Waals surface area contributed by atoms with Crippen LogP contribution in [-0.4, -0.2) is 47.4 Å². The number of sulfonamides is 1. The molecule has 3 rings (SSSR count). The number of piperidine rings is 1. The Labute approximate surface area is 178 Å². The maximum Gasteiger partial charge on any atom is 0.319 e. The molecule has 164 valence electrons. The van der Waals surface area contributed by atoms with E-state index >= 15 is 0 Å². The van der Waals surface area contributed by atoms with Crippen LogP contribution in [0.1, 0.15) is 40.0 Å².